The van der Waals surface area contributed by atoms with Crippen LogP contribution < -0.4 is 5.73 Å². The number of aromatic amines is 1. The summed E-state index contributed by atoms with van der Waals surface area (Å²) in [5.74, 6) is -0.756. The first-order chi connectivity index (χ1) is 7.08. The summed E-state index contributed by atoms with van der Waals surface area (Å²) >= 11 is 0. The zero-order chi connectivity index (χ0) is 11.0. The summed E-state index contributed by atoms with van der Waals surface area (Å²) in [6, 6.07) is 4.46. The van der Waals surface area contributed by atoms with Crippen LogP contribution in [0.5, 0.6) is 5.75 Å². The van der Waals surface area contributed by atoms with Crippen LogP contribution in [0.3, 0.4) is 0 Å². The molecule has 0 aliphatic heterocycles. The van der Waals surface area contributed by atoms with Crippen molar-refractivity contribution < 1.29 is 9.50 Å². The third-order valence-corrected chi connectivity index (χ3v) is 2.10. The van der Waals surface area contributed by atoms with Crippen molar-refractivity contribution >= 4 is 5.82 Å². The number of rotatable bonds is 1. The molecular weight excluding hydrogens is 197 g/mol. The Morgan fingerprint density at radius 1 is 1.40 bits per heavy atom. The standard InChI is InChI=1S/C10H10FN3O/c1-5-2-6(10(15)7(11)3-5)8-4-9(12)14-13-8/h2-4,15H,1H3,(H3,12,13,14). The number of halogens is 1. The lowest BCUT2D eigenvalue weighted by molar-refractivity contribution is 0.434. The van der Waals surface area contributed by atoms with Crippen molar-refractivity contribution in [2.24, 2.45) is 0 Å². The van der Waals surface area contributed by atoms with Crippen molar-refractivity contribution in [3.63, 3.8) is 0 Å². The first kappa shape index (κ1) is 9.51. The van der Waals surface area contributed by atoms with Crippen LogP contribution in [-0.4, -0.2) is 15.3 Å². The Labute approximate surface area is 85.6 Å². The van der Waals surface area contributed by atoms with Gasteiger partial charge in [0, 0.05) is 11.6 Å². The number of H-pyrrole nitrogens is 1. The number of aromatic hydroxyl groups is 1. The second-order valence-corrected chi connectivity index (χ2v) is 3.35. The normalized spacial score (nSPS) is 10.5. The van der Waals surface area contributed by atoms with E-state index in [4.69, 9.17) is 5.73 Å². The molecule has 0 atom stereocenters. The minimum absolute atomic E-state index is 0.298. The molecule has 0 unspecified atom stereocenters. The number of aromatic nitrogens is 2. The van der Waals surface area contributed by atoms with Crippen LogP contribution in [0.2, 0.25) is 0 Å². The first-order valence-corrected chi connectivity index (χ1v) is 4.38. The minimum Gasteiger partial charge on any atom is -0.504 e. The van der Waals surface area contributed by atoms with Gasteiger partial charge in [-0.2, -0.15) is 5.10 Å². The highest BCUT2D eigenvalue weighted by Crippen LogP contribution is 2.31. The second-order valence-electron chi connectivity index (χ2n) is 3.35. The maximum absolute atomic E-state index is 13.2. The SMILES string of the molecule is Cc1cc(F)c(O)c(-c2cc(N)n[nH]2)c1. The van der Waals surface area contributed by atoms with Crippen LogP contribution in [0.25, 0.3) is 11.3 Å². The van der Waals surface area contributed by atoms with E-state index in [1.807, 2.05) is 0 Å². The molecule has 2 aromatic rings. The van der Waals surface area contributed by atoms with Gasteiger partial charge in [-0.15, -0.1) is 0 Å². The lowest BCUT2D eigenvalue weighted by Gasteiger charge is -2.04. The maximum atomic E-state index is 13.2. The largest absolute Gasteiger partial charge is 0.504 e. The van der Waals surface area contributed by atoms with E-state index in [1.54, 1.807) is 13.0 Å². The van der Waals surface area contributed by atoms with Crippen LogP contribution in [0, 0.1) is 12.7 Å². The molecule has 4 nitrogen and oxygen atoms in total. The number of nitrogens with one attached hydrogen (secondary N) is 1. The molecule has 1 aromatic heterocycles. The molecule has 5 heteroatoms. The average molecular weight is 207 g/mol. The number of anilines is 1. The van der Waals surface area contributed by atoms with Gasteiger partial charge in [0.25, 0.3) is 0 Å². The summed E-state index contributed by atoms with van der Waals surface area (Å²) < 4.78 is 13.2. The van der Waals surface area contributed by atoms with Gasteiger partial charge in [-0.3, -0.25) is 5.10 Å². The van der Waals surface area contributed by atoms with Crippen molar-refractivity contribution in [2.45, 2.75) is 6.92 Å². The Bertz CT molecular complexity index is 507. The number of hydrogen-bond acceptors (Lipinski definition) is 3. The predicted molar refractivity (Wildman–Crippen MR) is 54.8 cm³/mol. The molecule has 78 valence electrons. The fourth-order valence-corrected chi connectivity index (χ4v) is 1.42. The molecule has 0 radical (unpaired) electrons. The monoisotopic (exact) mass is 207 g/mol. The van der Waals surface area contributed by atoms with Gasteiger partial charge in [-0.1, -0.05) is 0 Å². The van der Waals surface area contributed by atoms with Gasteiger partial charge in [0.2, 0.25) is 0 Å². The molecule has 2 rings (SSSR count). The molecule has 0 saturated carbocycles. The Balaban J connectivity index is 2.62. The van der Waals surface area contributed by atoms with Gasteiger partial charge in [-0.25, -0.2) is 4.39 Å². The van der Waals surface area contributed by atoms with E-state index in [0.29, 0.717) is 22.6 Å². The third kappa shape index (κ3) is 1.63. The topological polar surface area (TPSA) is 74.9 Å². The van der Waals surface area contributed by atoms with Crippen molar-refractivity contribution in [3.8, 4) is 17.0 Å². The van der Waals surface area contributed by atoms with Gasteiger partial charge in [0.1, 0.15) is 5.82 Å². The lowest BCUT2D eigenvalue weighted by Crippen LogP contribution is -1.86. The smallest absolute Gasteiger partial charge is 0.165 e. The van der Waals surface area contributed by atoms with Gasteiger partial charge >= 0.3 is 0 Å². The highest BCUT2D eigenvalue weighted by Gasteiger charge is 2.12. The summed E-state index contributed by atoms with van der Waals surface area (Å²) in [7, 11) is 0. The Hall–Kier alpha value is -2.04. The highest BCUT2D eigenvalue weighted by atomic mass is 19.1. The van der Waals surface area contributed by atoms with E-state index < -0.39 is 11.6 Å². The minimum atomic E-state index is -0.654. The molecule has 0 amide bonds. The summed E-state index contributed by atoms with van der Waals surface area (Å²) in [4.78, 5) is 0. The maximum Gasteiger partial charge on any atom is 0.165 e. The number of phenols is 1. The molecule has 1 heterocycles. The number of nitrogen functional groups attached to an aromatic ring is 1. The zero-order valence-electron chi connectivity index (χ0n) is 8.08. The summed E-state index contributed by atoms with van der Waals surface area (Å²) in [5.41, 5.74) is 6.99. The molecule has 0 fully saturated rings. The fourth-order valence-electron chi connectivity index (χ4n) is 1.42. The second kappa shape index (κ2) is 3.27. The molecule has 4 N–H and O–H groups in total. The Morgan fingerprint density at radius 3 is 2.73 bits per heavy atom. The Morgan fingerprint density at radius 2 is 2.13 bits per heavy atom. The zero-order valence-corrected chi connectivity index (χ0v) is 8.08. The lowest BCUT2D eigenvalue weighted by atomic mass is 10.1. The number of nitrogens with two attached hydrogens (primary N) is 1. The quantitative estimate of drug-likeness (QED) is 0.667. The molecule has 0 bridgehead atoms. The molecule has 0 aliphatic carbocycles. The summed E-state index contributed by atoms with van der Waals surface area (Å²) in [5, 5.41) is 15.8. The molecule has 1 aromatic carbocycles. The van der Waals surface area contributed by atoms with Crippen LogP contribution in [-0.2, 0) is 0 Å². The van der Waals surface area contributed by atoms with Crippen LogP contribution in [0.1, 0.15) is 5.56 Å². The number of aryl methyl sites for hydroxylation is 1. The van der Waals surface area contributed by atoms with E-state index in [0.717, 1.165) is 0 Å². The Kier molecular flexibility index (Phi) is 2.07. The molecule has 15 heavy (non-hydrogen) atoms. The molecule has 0 spiro atoms. The van der Waals surface area contributed by atoms with Crippen LogP contribution in [0.4, 0.5) is 10.2 Å². The van der Waals surface area contributed by atoms with E-state index in [-0.39, 0.29) is 0 Å². The van der Waals surface area contributed by atoms with E-state index >= 15 is 0 Å². The van der Waals surface area contributed by atoms with Crippen molar-refractivity contribution in [1.29, 1.82) is 0 Å². The van der Waals surface area contributed by atoms with Gasteiger partial charge in [0.05, 0.1) is 5.69 Å². The predicted octanol–water partition coefficient (Wildman–Crippen LogP) is 1.81. The number of nitrogens with zero attached hydrogens (tertiary/aromatic N) is 1. The van der Waals surface area contributed by atoms with Gasteiger partial charge in [0.15, 0.2) is 11.6 Å². The van der Waals surface area contributed by atoms with Gasteiger partial charge in [-0.05, 0) is 24.6 Å². The number of benzene rings is 1. The molecule has 0 saturated heterocycles. The van der Waals surface area contributed by atoms with Crippen LogP contribution >= 0.6 is 0 Å². The average Bonchev–Trinajstić information content (AvgIpc) is 2.58. The van der Waals surface area contributed by atoms with Crippen molar-refractivity contribution in [2.75, 3.05) is 5.73 Å². The fraction of sp³-hybridized carbons (Fsp3) is 0.100. The van der Waals surface area contributed by atoms with E-state index in [2.05, 4.69) is 10.2 Å². The number of phenolic OH excluding ortho intramolecular Hbond substituents is 1. The molecular formula is C10H10FN3O. The molecule has 0 aliphatic rings. The summed E-state index contributed by atoms with van der Waals surface area (Å²) in [6.07, 6.45) is 0. The van der Waals surface area contributed by atoms with Crippen molar-refractivity contribution in [3.05, 3.63) is 29.6 Å². The van der Waals surface area contributed by atoms with Crippen molar-refractivity contribution in [1.82, 2.24) is 10.2 Å². The van der Waals surface area contributed by atoms with Gasteiger partial charge < -0.3 is 10.8 Å². The van der Waals surface area contributed by atoms with Crippen LogP contribution in [0.15, 0.2) is 18.2 Å². The third-order valence-electron chi connectivity index (χ3n) is 2.10. The first-order valence-electron chi connectivity index (χ1n) is 4.38. The highest BCUT2D eigenvalue weighted by molar-refractivity contribution is 5.69. The number of hydrogen-bond donors (Lipinski definition) is 3. The van der Waals surface area contributed by atoms with E-state index in [9.17, 15) is 9.50 Å². The summed E-state index contributed by atoms with van der Waals surface area (Å²) in [6.45, 7) is 1.74. The van der Waals surface area contributed by atoms with E-state index in [1.165, 1.54) is 12.1 Å².